The lowest BCUT2D eigenvalue weighted by Gasteiger charge is -2.07. The molecular weight excluding hydrogens is 264 g/mol. The molecule has 0 radical (unpaired) electrons. The molecule has 0 saturated heterocycles. The second-order valence-corrected chi connectivity index (χ2v) is 4.81. The highest BCUT2D eigenvalue weighted by Gasteiger charge is 2.29. The molecule has 0 aliphatic carbocycles. The van der Waals surface area contributed by atoms with Crippen LogP contribution in [0.4, 0.5) is 17.1 Å². The zero-order valence-electron chi connectivity index (χ0n) is 9.05. The highest BCUT2D eigenvalue weighted by atomic mass is 32.3. The standard InChI is InChI=1S/C8H10F4N2O2S/c1-5-7(17(12,15)16)6(2)14(13-5)4-3-8(9,10)11/h3-4H2,1-2H3. The van der Waals surface area contributed by atoms with Gasteiger partial charge in [0, 0.05) is 6.54 Å². The van der Waals surface area contributed by atoms with E-state index in [9.17, 15) is 25.5 Å². The van der Waals surface area contributed by atoms with Crippen LogP contribution in [0, 0.1) is 13.8 Å². The van der Waals surface area contributed by atoms with Crippen LogP contribution < -0.4 is 0 Å². The third-order valence-corrected chi connectivity index (χ3v) is 3.24. The fourth-order valence-electron chi connectivity index (χ4n) is 1.48. The predicted octanol–water partition coefficient (Wildman–Crippen LogP) is 2.11. The molecule has 1 rings (SSSR count). The first-order chi connectivity index (χ1) is 7.52. The Balaban J connectivity index is 3.06. The summed E-state index contributed by atoms with van der Waals surface area (Å²) in [7, 11) is -4.96. The quantitative estimate of drug-likeness (QED) is 0.626. The van der Waals surface area contributed by atoms with Gasteiger partial charge in [-0.15, -0.1) is 3.89 Å². The van der Waals surface area contributed by atoms with E-state index in [1.54, 1.807) is 0 Å². The van der Waals surface area contributed by atoms with Gasteiger partial charge in [-0.1, -0.05) is 0 Å². The van der Waals surface area contributed by atoms with E-state index in [0.717, 1.165) is 4.68 Å². The SMILES string of the molecule is Cc1nn(CCC(F)(F)F)c(C)c1S(=O)(=O)F. The van der Waals surface area contributed by atoms with Gasteiger partial charge in [0.25, 0.3) is 0 Å². The van der Waals surface area contributed by atoms with Gasteiger partial charge in [0.1, 0.15) is 4.90 Å². The number of hydrogen-bond donors (Lipinski definition) is 0. The van der Waals surface area contributed by atoms with Gasteiger partial charge in [-0.3, -0.25) is 4.68 Å². The molecule has 9 heteroatoms. The first-order valence-corrected chi connectivity index (χ1v) is 5.96. The molecule has 17 heavy (non-hydrogen) atoms. The van der Waals surface area contributed by atoms with Crippen molar-refractivity contribution in [3.8, 4) is 0 Å². The van der Waals surface area contributed by atoms with E-state index >= 15 is 0 Å². The minimum atomic E-state index is -4.96. The number of aryl methyl sites for hydroxylation is 2. The molecule has 0 unspecified atom stereocenters. The van der Waals surface area contributed by atoms with Gasteiger partial charge in [-0.05, 0) is 13.8 Å². The maximum atomic E-state index is 12.8. The van der Waals surface area contributed by atoms with Gasteiger partial charge < -0.3 is 0 Å². The highest BCUT2D eigenvalue weighted by Crippen LogP contribution is 2.24. The number of rotatable bonds is 3. The lowest BCUT2D eigenvalue weighted by Crippen LogP contribution is -2.14. The van der Waals surface area contributed by atoms with Gasteiger partial charge in [0.15, 0.2) is 0 Å². The van der Waals surface area contributed by atoms with E-state index in [0.29, 0.717) is 0 Å². The molecule has 98 valence electrons. The molecule has 0 N–H and O–H groups in total. The normalized spacial score (nSPS) is 13.1. The van der Waals surface area contributed by atoms with Crippen molar-refractivity contribution in [2.75, 3.05) is 0 Å². The maximum Gasteiger partial charge on any atom is 0.390 e. The molecule has 0 aliphatic heterocycles. The molecule has 0 atom stereocenters. The summed E-state index contributed by atoms with van der Waals surface area (Å²) in [6, 6.07) is 0. The highest BCUT2D eigenvalue weighted by molar-refractivity contribution is 7.86. The van der Waals surface area contributed by atoms with Crippen LogP contribution in [0.1, 0.15) is 17.8 Å². The molecule has 1 aromatic rings. The van der Waals surface area contributed by atoms with Crippen LogP contribution in [-0.4, -0.2) is 24.4 Å². The Bertz CT molecular complexity index is 518. The van der Waals surface area contributed by atoms with Crippen molar-refractivity contribution >= 4 is 10.2 Å². The largest absolute Gasteiger partial charge is 0.390 e. The Hall–Kier alpha value is -1.12. The Kier molecular flexibility index (Phi) is 3.51. The summed E-state index contributed by atoms with van der Waals surface area (Å²) in [4.78, 5) is -0.653. The summed E-state index contributed by atoms with van der Waals surface area (Å²) in [5.74, 6) is 0. The van der Waals surface area contributed by atoms with E-state index in [1.165, 1.54) is 13.8 Å². The number of halogens is 4. The van der Waals surface area contributed by atoms with Crippen molar-refractivity contribution in [1.29, 1.82) is 0 Å². The molecule has 0 bridgehead atoms. The summed E-state index contributed by atoms with van der Waals surface area (Å²) in [5.41, 5.74) is -0.276. The minimum absolute atomic E-state index is 0.130. The van der Waals surface area contributed by atoms with E-state index < -0.39 is 34.3 Å². The summed E-state index contributed by atoms with van der Waals surface area (Å²) in [6.07, 6.45) is -5.53. The monoisotopic (exact) mass is 274 g/mol. The first kappa shape index (κ1) is 13.9. The van der Waals surface area contributed by atoms with Crippen LogP contribution >= 0.6 is 0 Å². The van der Waals surface area contributed by atoms with Gasteiger partial charge in [-0.25, -0.2) is 0 Å². The third kappa shape index (κ3) is 3.42. The summed E-state index contributed by atoms with van der Waals surface area (Å²) < 4.78 is 71.1. The number of hydrogen-bond acceptors (Lipinski definition) is 3. The zero-order chi connectivity index (χ0) is 13.4. The van der Waals surface area contributed by atoms with E-state index in [-0.39, 0.29) is 11.4 Å². The summed E-state index contributed by atoms with van der Waals surface area (Å²) in [6.45, 7) is 1.90. The molecule has 0 amide bonds. The van der Waals surface area contributed by atoms with Crippen molar-refractivity contribution in [2.45, 2.75) is 37.9 Å². The van der Waals surface area contributed by atoms with Gasteiger partial charge in [-0.2, -0.15) is 26.7 Å². The molecule has 0 aliphatic rings. The smallest absolute Gasteiger partial charge is 0.268 e. The average Bonchev–Trinajstić information content (AvgIpc) is 2.35. The van der Waals surface area contributed by atoms with Crippen molar-refractivity contribution in [2.24, 2.45) is 0 Å². The number of aromatic nitrogens is 2. The van der Waals surface area contributed by atoms with Gasteiger partial charge in [0.2, 0.25) is 0 Å². The van der Waals surface area contributed by atoms with E-state index in [2.05, 4.69) is 5.10 Å². The van der Waals surface area contributed by atoms with Crippen LogP contribution in [0.15, 0.2) is 4.90 Å². The van der Waals surface area contributed by atoms with Crippen molar-refractivity contribution in [3.05, 3.63) is 11.4 Å². The van der Waals surface area contributed by atoms with E-state index in [4.69, 9.17) is 0 Å². The maximum absolute atomic E-state index is 12.8. The Morgan fingerprint density at radius 2 is 1.82 bits per heavy atom. The zero-order valence-corrected chi connectivity index (χ0v) is 9.86. The predicted molar refractivity (Wildman–Crippen MR) is 50.7 cm³/mol. The topological polar surface area (TPSA) is 52.0 Å². The Morgan fingerprint density at radius 3 is 2.18 bits per heavy atom. The molecule has 4 nitrogen and oxygen atoms in total. The number of nitrogens with zero attached hydrogens (tertiary/aromatic N) is 2. The van der Waals surface area contributed by atoms with Crippen LogP contribution in [-0.2, 0) is 16.8 Å². The van der Waals surface area contributed by atoms with Crippen LogP contribution in [0.25, 0.3) is 0 Å². The number of alkyl halides is 3. The Morgan fingerprint density at radius 1 is 1.29 bits per heavy atom. The fraction of sp³-hybridized carbons (Fsp3) is 0.625. The van der Waals surface area contributed by atoms with Crippen LogP contribution in [0.3, 0.4) is 0 Å². The van der Waals surface area contributed by atoms with Crippen molar-refractivity contribution in [3.63, 3.8) is 0 Å². The van der Waals surface area contributed by atoms with Crippen LogP contribution in [0.5, 0.6) is 0 Å². The first-order valence-electron chi connectivity index (χ1n) is 4.58. The minimum Gasteiger partial charge on any atom is -0.268 e. The second-order valence-electron chi connectivity index (χ2n) is 3.53. The lowest BCUT2D eigenvalue weighted by molar-refractivity contribution is -0.137. The average molecular weight is 274 g/mol. The summed E-state index contributed by atoms with van der Waals surface area (Å²) in [5, 5.41) is 3.58. The molecule has 0 spiro atoms. The third-order valence-electron chi connectivity index (χ3n) is 2.17. The molecule has 1 aromatic heterocycles. The van der Waals surface area contributed by atoms with Gasteiger partial charge in [0.05, 0.1) is 17.8 Å². The summed E-state index contributed by atoms with van der Waals surface area (Å²) >= 11 is 0. The Labute approximate surface area is 95.4 Å². The second kappa shape index (κ2) is 4.28. The molecule has 0 aromatic carbocycles. The molecule has 0 saturated carbocycles. The van der Waals surface area contributed by atoms with Crippen molar-refractivity contribution in [1.82, 2.24) is 9.78 Å². The van der Waals surface area contributed by atoms with Crippen molar-refractivity contribution < 1.29 is 25.5 Å². The molecule has 0 fully saturated rings. The lowest BCUT2D eigenvalue weighted by atomic mass is 10.4. The van der Waals surface area contributed by atoms with E-state index in [1.807, 2.05) is 0 Å². The molecule has 1 heterocycles. The fourth-order valence-corrected chi connectivity index (χ4v) is 2.34. The van der Waals surface area contributed by atoms with Crippen LogP contribution in [0.2, 0.25) is 0 Å². The van der Waals surface area contributed by atoms with Gasteiger partial charge >= 0.3 is 16.4 Å². The molecular formula is C8H10F4N2O2S.